The van der Waals surface area contributed by atoms with Crippen molar-refractivity contribution >= 4 is 23.1 Å². The molecule has 0 bridgehead atoms. The molecule has 2 aromatic heterocycles. The van der Waals surface area contributed by atoms with Crippen molar-refractivity contribution in [3.63, 3.8) is 0 Å². The first kappa shape index (κ1) is 11.8. The fraction of sp³-hybridized carbons (Fsp3) is 0.364. The predicted octanol–water partition coefficient (Wildman–Crippen LogP) is 2.20. The van der Waals surface area contributed by atoms with E-state index in [4.69, 9.17) is 0 Å². The molecule has 0 aliphatic rings. The first-order valence-electron chi connectivity index (χ1n) is 5.36. The molecular weight excluding hydrogens is 234 g/mol. The van der Waals surface area contributed by atoms with Crippen molar-refractivity contribution in [2.75, 3.05) is 17.7 Å². The van der Waals surface area contributed by atoms with Crippen LogP contribution in [-0.2, 0) is 6.54 Å². The molecule has 0 aliphatic carbocycles. The minimum atomic E-state index is 0.632. The summed E-state index contributed by atoms with van der Waals surface area (Å²) in [7, 11) is 1.81. The number of hydrogen-bond acceptors (Lipinski definition) is 6. The molecule has 5 nitrogen and oxygen atoms in total. The van der Waals surface area contributed by atoms with Crippen molar-refractivity contribution < 1.29 is 0 Å². The van der Waals surface area contributed by atoms with Gasteiger partial charge in [0, 0.05) is 29.9 Å². The van der Waals surface area contributed by atoms with Crippen molar-refractivity contribution in [1.29, 1.82) is 0 Å². The summed E-state index contributed by atoms with van der Waals surface area (Å²) in [6, 6.07) is 1.93. The molecule has 0 aromatic carbocycles. The Morgan fingerprint density at radius 3 is 2.76 bits per heavy atom. The average molecular weight is 249 g/mol. The van der Waals surface area contributed by atoms with Crippen LogP contribution in [-0.4, -0.2) is 22.0 Å². The molecular formula is C11H15N5S. The number of rotatable bonds is 4. The van der Waals surface area contributed by atoms with Gasteiger partial charge in [0.1, 0.15) is 5.82 Å². The summed E-state index contributed by atoms with van der Waals surface area (Å²) in [6.07, 6.45) is 1.89. The monoisotopic (exact) mass is 249 g/mol. The van der Waals surface area contributed by atoms with Crippen LogP contribution in [0.4, 0.5) is 11.8 Å². The number of nitrogens with one attached hydrogen (secondary N) is 2. The van der Waals surface area contributed by atoms with Crippen molar-refractivity contribution in [1.82, 2.24) is 15.0 Å². The lowest BCUT2D eigenvalue weighted by atomic mass is 10.4. The maximum Gasteiger partial charge on any atom is 0.224 e. The number of thiazole rings is 1. The lowest BCUT2D eigenvalue weighted by molar-refractivity contribution is 1.06. The highest BCUT2D eigenvalue weighted by Gasteiger charge is 2.02. The highest BCUT2D eigenvalue weighted by molar-refractivity contribution is 7.11. The van der Waals surface area contributed by atoms with E-state index >= 15 is 0 Å². The number of aryl methyl sites for hydroxylation is 2. The SMILES string of the molecule is CNc1nc(C)cc(NCc2cnc(C)s2)n1. The third-order valence-corrected chi connectivity index (χ3v) is 3.10. The van der Waals surface area contributed by atoms with E-state index in [2.05, 4.69) is 25.6 Å². The van der Waals surface area contributed by atoms with Gasteiger partial charge in [-0.3, -0.25) is 0 Å². The Kier molecular flexibility index (Phi) is 3.53. The number of nitrogens with zero attached hydrogens (tertiary/aromatic N) is 3. The molecule has 2 N–H and O–H groups in total. The summed E-state index contributed by atoms with van der Waals surface area (Å²) >= 11 is 1.69. The molecule has 0 spiro atoms. The molecule has 0 fully saturated rings. The zero-order valence-corrected chi connectivity index (χ0v) is 10.9. The Morgan fingerprint density at radius 1 is 1.29 bits per heavy atom. The van der Waals surface area contributed by atoms with Crippen LogP contribution in [0, 0.1) is 13.8 Å². The average Bonchev–Trinajstić information content (AvgIpc) is 2.72. The highest BCUT2D eigenvalue weighted by Crippen LogP contribution is 2.14. The third kappa shape index (κ3) is 3.13. The minimum Gasteiger partial charge on any atom is -0.365 e. The highest BCUT2D eigenvalue weighted by atomic mass is 32.1. The van der Waals surface area contributed by atoms with E-state index in [1.807, 2.05) is 33.2 Å². The smallest absolute Gasteiger partial charge is 0.224 e. The van der Waals surface area contributed by atoms with Crippen molar-refractivity contribution in [2.45, 2.75) is 20.4 Å². The van der Waals surface area contributed by atoms with Gasteiger partial charge in [-0.15, -0.1) is 11.3 Å². The lowest BCUT2D eigenvalue weighted by Gasteiger charge is -2.06. The van der Waals surface area contributed by atoms with E-state index in [0.717, 1.165) is 23.1 Å². The van der Waals surface area contributed by atoms with E-state index < -0.39 is 0 Å². The van der Waals surface area contributed by atoms with Crippen LogP contribution in [0.25, 0.3) is 0 Å². The maximum atomic E-state index is 4.32. The quantitative estimate of drug-likeness (QED) is 0.869. The molecule has 0 saturated heterocycles. The number of hydrogen-bond donors (Lipinski definition) is 2. The molecule has 0 unspecified atom stereocenters. The second-order valence-electron chi connectivity index (χ2n) is 3.67. The molecule has 2 rings (SSSR count). The zero-order chi connectivity index (χ0) is 12.3. The first-order chi connectivity index (χ1) is 8.17. The van der Waals surface area contributed by atoms with Crippen LogP contribution in [0.5, 0.6) is 0 Å². The van der Waals surface area contributed by atoms with Crippen LogP contribution in [0.3, 0.4) is 0 Å². The van der Waals surface area contributed by atoms with E-state index in [1.165, 1.54) is 4.88 Å². The minimum absolute atomic E-state index is 0.632. The van der Waals surface area contributed by atoms with Crippen LogP contribution < -0.4 is 10.6 Å². The number of aromatic nitrogens is 3. The van der Waals surface area contributed by atoms with Gasteiger partial charge in [0.25, 0.3) is 0 Å². The molecule has 0 aliphatic heterocycles. The second-order valence-corrected chi connectivity index (χ2v) is 4.99. The summed E-state index contributed by atoms with van der Waals surface area (Å²) in [4.78, 5) is 14.0. The fourth-order valence-electron chi connectivity index (χ4n) is 1.44. The topological polar surface area (TPSA) is 62.7 Å². The van der Waals surface area contributed by atoms with Gasteiger partial charge >= 0.3 is 0 Å². The van der Waals surface area contributed by atoms with Gasteiger partial charge in [0.05, 0.1) is 11.6 Å². The van der Waals surface area contributed by atoms with Gasteiger partial charge in [-0.2, -0.15) is 4.98 Å². The molecule has 0 radical (unpaired) electrons. The molecule has 0 saturated carbocycles. The predicted molar refractivity (Wildman–Crippen MR) is 70.5 cm³/mol. The fourth-order valence-corrected chi connectivity index (χ4v) is 2.17. The Hall–Kier alpha value is -1.69. The second kappa shape index (κ2) is 5.09. The largest absolute Gasteiger partial charge is 0.365 e. The molecule has 2 aromatic rings. The lowest BCUT2D eigenvalue weighted by Crippen LogP contribution is -2.04. The first-order valence-corrected chi connectivity index (χ1v) is 6.17. The molecule has 90 valence electrons. The standard InChI is InChI=1S/C11H15N5S/c1-7-4-10(16-11(12-3)15-7)14-6-9-5-13-8(2)17-9/h4-5H,6H2,1-3H3,(H2,12,14,15,16). The van der Waals surface area contributed by atoms with Gasteiger partial charge in [-0.05, 0) is 13.8 Å². The molecule has 2 heterocycles. The maximum absolute atomic E-state index is 4.32. The van der Waals surface area contributed by atoms with Crippen LogP contribution in [0.1, 0.15) is 15.6 Å². The summed E-state index contributed by atoms with van der Waals surface area (Å²) < 4.78 is 0. The Labute approximate surface area is 104 Å². The molecule has 0 amide bonds. The summed E-state index contributed by atoms with van der Waals surface area (Å²) in [5.41, 5.74) is 0.937. The van der Waals surface area contributed by atoms with Crippen molar-refractivity contribution in [2.24, 2.45) is 0 Å². The Balaban J connectivity index is 2.05. The molecule has 0 atom stereocenters. The van der Waals surface area contributed by atoms with Crippen LogP contribution in [0.15, 0.2) is 12.3 Å². The van der Waals surface area contributed by atoms with Crippen molar-refractivity contribution in [3.05, 3.63) is 27.8 Å². The van der Waals surface area contributed by atoms with Gasteiger partial charge < -0.3 is 10.6 Å². The Bertz CT molecular complexity index is 508. The van der Waals surface area contributed by atoms with Gasteiger partial charge in [-0.1, -0.05) is 0 Å². The number of anilines is 2. The molecule has 17 heavy (non-hydrogen) atoms. The third-order valence-electron chi connectivity index (χ3n) is 2.19. The van der Waals surface area contributed by atoms with E-state index in [-0.39, 0.29) is 0 Å². The summed E-state index contributed by atoms with van der Waals surface area (Å²) in [5.74, 6) is 1.46. The summed E-state index contributed by atoms with van der Waals surface area (Å²) in [5, 5.41) is 7.29. The van der Waals surface area contributed by atoms with Gasteiger partial charge in [0.15, 0.2) is 0 Å². The Morgan fingerprint density at radius 2 is 2.12 bits per heavy atom. The van der Waals surface area contributed by atoms with Gasteiger partial charge in [-0.25, -0.2) is 9.97 Å². The normalized spacial score (nSPS) is 10.3. The van der Waals surface area contributed by atoms with Crippen LogP contribution >= 0.6 is 11.3 Å². The van der Waals surface area contributed by atoms with Crippen LogP contribution in [0.2, 0.25) is 0 Å². The van der Waals surface area contributed by atoms with Gasteiger partial charge in [0.2, 0.25) is 5.95 Å². The van der Waals surface area contributed by atoms with E-state index in [1.54, 1.807) is 11.3 Å². The van der Waals surface area contributed by atoms with E-state index in [0.29, 0.717) is 5.95 Å². The van der Waals surface area contributed by atoms with E-state index in [9.17, 15) is 0 Å². The zero-order valence-electron chi connectivity index (χ0n) is 10.1. The summed E-state index contributed by atoms with van der Waals surface area (Å²) in [6.45, 7) is 4.69. The molecule has 6 heteroatoms. The van der Waals surface area contributed by atoms with Crippen molar-refractivity contribution in [3.8, 4) is 0 Å².